The lowest BCUT2D eigenvalue weighted by Crippen LogP contribution is -1.81. The minimum atomic E-state index is 0.563. The van der Waals surface area contributed by atoms with Crippen LogP contribution in [-0.2, 0) is 0 Å². The number of anilines is 1. The van der Waals surface area contributed by atoms with Crippen LogP contribution in [0, 0.1) is 0 Å². The van der Waals surface area contributed by atoms with Gasteiger partial charge in [0.2, 0.25) is 0 Å². The molecule has 0 fully saturated rings. The molecule has 3 rings (SSSR count). The number of thiazole rings is 1. The van der Waals surface area contributed by atoms with Crippen molar-refractivity contribution in [3.63, 3.8) is 0 Å². The molecule has 90 valence electrons. The fraction of sp³-hybridized carbons (Fsp3) is 0. The molecular weight excluding hydrogens is 268 g/mol. The van der Waals surface area contributed by atoms with Gasteiger partial charge in [0.05, 0.1) is 10.7 Å². The molecule has 0 aliphatic carbocycles. The molecule has 0 saturated heterocycles. The maximum Gasteiger partial charge on any atom is 0.180 e. The Morgan fingerprint density at radius 1 is 1.39 bits per heavy atom. The highest BCUT2D eigenvalue weighted by Crippen LogP contribution is 2.26. The van der Waals surface area contributed by atoms with Crippen LogP contribution in [-0.4, -0.2) is 15.0 Å². The van der Waals surface area contributed by atoms with E-state index in [1.807, 2.05) is 23.7 Å². The number of aromatic amines is 1. The average molecular weight is 277 g/mol. The van der Waals surface area contributed by atoms with Crippen molar-refractivity contribution in [1.82, 2.24) is 15.0 Å². The van der Waals surface area contributed by atoms with Crippen molar-refractivity contribution in [2.45, 2.75) is 0 Å². The van der Waals surface area contributed by atoms with Gasteiger partial charge < -0.3 is 10.7 Å². The molecule has 0 aliphatic heterocycles. The number of fused-ring (bicyclic) bond motifs is 1. The van der Waals surface area contributed by atoms with E-state index in [-0.39, 0.29) is 0 Å². The van der Waals surface area contributed by atoms with Crippen molar-refractivity contribution in [2.75, 3.05) is 5.73 Å². The van der Waals surface area contributed by atoms with Crippen molar-refractivity contribution in [2.24, 2.45) is 0 Å². The lowest BCUT2D eigenvalue weighted by molar-refractivity contribution is 1.33. The average Bonchev–Trinajstić information content (AvgIpc) is 2.94. The van der Waals surface area contributed by atoms with Gasteiger partial charge in [0, 0.05) is 28.7 Å². The van der Waals surface area contributed by atoms with Gasteiger partial charge in [0.15, 0.2) is 5.13 Å². The number of nitrogens with zero attached hydrogens (tertiary/aromatic N) is 2. The number of aromatic nitrogens is 3. The fourth-order valence-electron chi connectivity index (χ4n) is 1.72. The van der Waals surface area contributed by atoms with E-state index in [0.717, 1.165) is 22.3 Å². The monoisotopic (exact) mass is 276 g/mol. The van der Waals surface area contributed by atoms with Gasteiger partial charge in [-0.05, 0) is 12.1 Å². The van der Waals surface area contributed by atoms with E-state index in [9.17, 15) is 0 Å². The summed E-state index contributed by atoms with van der Waals surface area (Å²) in [4.78, 5) is 11.5. The molecule has 0 saturated carbocycles. The predicted octanol–water partition coefficient (Wildman–Crippen LogP) is 3.43. The summed E-state index contributed by atoms with van der Waals surface area (Å²) in [5.74, 6) is 0. The predicted molar refractivity (Wildman–Crippen MR) is 76.6 cm³/mol. The number of halogens is 1. The Morgan fingerprint density at radius 3 is 3.06 bits per heavy atom. The summed E-state index contributed by atoms with van der Waals surface area (Å²) in [5.41, 5.74) is 8.18. The minimum Gasteiger partial charge on any atom is -0.375 e. The molecule has 6 heteroatoms. The Hall–Kier alpha value is -1.85. The van der Waals surface area contributed by atoms with E-state index in [1.54, 1.807) is 12.3 Å². The maximum absolute atomic E-state index is 6.16. The summed E-state index contributed by atoms with van der Waals surface area (Å²) >= 11 is 7.58. The van der Waals surface area contributed by atoms with Crippen molar-refractivity contribution >= 4 is 51.3 Å². The van der Waals surface area contributed by atoms with Crippen LogP contribution in [0.4, 0.5) is 5.13 Å². The van der Waals surface area contributed by atoms with E-state index in [0.29, 0.717) is 10.2 Å². The number of pyridine rings is 1. The Labute approximate surface area is 112 Å². The first-order valence-electron chi connectivity index (χ1n) is 5.25. The van der Waals surface area contributed by atoms with Crippen molar-refractivity contribution < 1.29 is 0 Å². The van der Waals surface area contributed by atoms with Gasteiger partial charge in [-0.25, -0.2) is 9.97 Å². The van der Waals surface area contributed by atoms with Crippen LogP contribution in [0.3, 0.4) is 0 Å². The number of hydrogen-bond acceptors (Lipinski definition) is 4. The second kappa shape index (κ2) is 4.44. The number of H-pyrrole nitrogens is 1. The van der Waals surface area contributed by atoms with Crippen molar-refractivity contribution in [3.8, 4) is 0 Å². The van der Waals surface area contributed by atoms with Gasteiger partial charge in [-0.2, -0.15) is 0 Å². The van der Waals surface area contributed by atoms with E-state index in [2.05, 4.69) is 15.0 Å². The normalized spacial score (nSPS) is 11.6. The molecule has 0 aliphatic rings. The molecule has 0 radical (unpaired) electrons. The standard InChI is InChI=1S/C12H9ClN4S/c13-9-3-4-15-11-10(9)7(5-16-11)1-2-8-6-18-12(14)17-8/h1-6H,(H2,14,17)(H,15,16)/b2-1+. The molecule has 0 spiro atoms. The highest BCUT2D eigenvalue weighted by atomic mass is 35.5. The lowest BCUT2D eigenvalue weighted by Gasteiger charge is -1.94. The highest BCUT2D eigenvalue weighted by Gasteiger charge is 2.05. The first-order chi connectivity index (χ1) is 8.74. The van der Waals surface area contributed by atoms with Gasteiger partial charge >= 0.3 is 0 Å². The third kappa shape index (κ3) is 1.98. The Balaban J connectivity index is 2.03. The zero-order valence-corrected chi connectivity index (χ0v) is 10.8. The molecular formula is C12H9ClN4S. The molecule has 4 nitrogen and oxygen atoms in total. The summed E-state index contributed by atoms with van der Waals surface area (Å²) < 4.78 is 0. The maximum atomic E-state index is 6.16. The summed E-state index contributed by atoms with van der Waals surface area (Å²) in [6, 6.07) is 1.77. The van der Waals surface area contributed by atoms with Gasteiger partial charge in [0.1, 0.15) is 5.65 Å². The van der Waals surface area contributed by atoms with Crippen LogP contribution in [0.1, 0.15) is 11.3 Å². The Kier molecular flexibility index (Phi) is 2.77. The molecule has 3 aromatic heterocycles. The molecule has 18 heavy (non-hydrogen) atoms. The van der Waals surface area contributed by atoms with Crippen LogP contribution in [0.25, 0.3) is 23.2 Å². The van der Waals surface area contributed by atoms with Crippen LogP contribution < -0.4 is 5.73 Å². The van der Waals surface area contributed by atoms with Gasteiger partial charge in [-0.1, -0.05) is 17.7 Å². The van der Waals surface area contributed by atoms with Crippen LogP contribution >= 0.6 is 22.9 Å². The molecule has 3 aromatic rings. The van der Waals surface area contributed by atoms with Crippen molar-refractivity contribution in [1.29, 1.82) is 0 Å². The van der Waals surface area contributed by atoms with Crippen LogP contribution in [0.15, 0.2) is 23.8 Å². The zero-order chi connectivity index (χ0) is 12.5. The molecule has 0 atom stereocenters. The zero-order valence-electron chi connectivity index (χ0n) is 9.22. The SMILES string of the molecule is Nc1nc(/C=C/c2c[nH]c3nccc(Cl)c23)cs1. The smallest absolute Gasteiger partial charge is 0.180 e. The van der Waals surface area contributed by atoms with E-state index in [1.165, 1.54) is 11.3 Å². The molecule has 3 heterocycles. The molecule has 0 unspecified atom stereocenters. The molecule has 0 bridgehead atoms. The number of nitrogens with two attached hydrogens (primary N) is 1. The summed E-state index contributed by atoms with van der Waals surface area (Å²) in [6.07, 6.45) is 7.39. The number of hydrogen-bond donors (Lipinski definition) is 2. The van der Waals surface area contributed by atoms with Crippen LogP contribution in [0.5, 0.6) is 0 Å². The quantitative estimate of drug-likeness (QED) is 0.753. The Morgan fingerprint density at radius 2 is 2.28 bits per heavy atom. The third-order valence-electron chi connectivity index (χ3n) is 2.53. The van der Waals surface area contributed by atoms with Crippen LogP contribution in [0.2, 0.25) is 5.02 Å². The minimum absolute atomic E-state index is 0.563. The molecule has 0 aromatic carbocycles. The molecule has 3 N–H and O–H groups in total. The number of rotatable bonds is 2. The largest absolute Gasteiger partial charge is 0.375 e. The fourth-order valence-corrected chi connectivity index (χ4v) is 2.51. The van der Waals surface area contributed by atoms with E-state index >= 15 is 0 Å². The second-order valence-electron chi connectivity index (χ2n) is 3.70. The molecule has 0 amide bonds. The number of nitrogens with one attached hydrogen (secondary N) is 1. The third-order valence-corrected chi connectivity index (χ3v) is 3.53. The number of nitrogen functional groups attached to an aromatic ring is 1. The first kappa shape index (κ1) is 11.3. The van der Waals surface area contributed by atoms with E-state index in [4.69, 9.17) is 17.3 Å². The van der Waals surface area contributed by atoms with Gasteiger partial charge in [-0.3, -0.25) is 0 Å². The first-order valence-corrected chi connectivity index (χ1v) is 6.50. The van der Waals surface area contributed by atoms with E-state index < -0.39 is 0 Å². The summed E-state index contributed by atoms with van der Waals surface area (Å²) in [6.45, 7) is 0. The topological polar surface area (TPSA) is 67.6 Å². The summed E-state index contributed by atoms with van der Waals surface area (Å²) in [5, 5.41) is 4.06. The summed E-state index contributed by atoms with van der Waals surface area (Å²) in [7, 11) is 0. The van der Waals surface area contributed by atoms with Crippen molar-refractivity contribution in [3.05, 3.63) is 40.1 Å². The van der Waals surface area contributed by atoms with Gasteiger partial charge in [-0.15, -0.1) is 11.3 Å². The van der Waals surface area contributed by atoms with Gasteiger partial charge in [0.25, 0.3) is 0 Å². The second-order valence-corrected chi connectivity index (χ2v) is 5.00. The highest BCUT2D eigenvalue weighted by molar-refractivity contribution is 7.13. The lowest BCUT2D eigenvalue weighted by atomic mass is 10.2. The Bertz CT molecular complexity index is 729.